The Morgan fingerprint density at radius 1 is 1.41 bits per heavy atom. The van der Waals surface area contributed by atoms with Gasteiger partial charge < -0.3 is 4.42 Å². The van der Waals surface area contributed by atoms with Crippen LogP contribution in [-0.4, -0.2) is 19.9 Å². The van der Waals surface area contributed by atoms with Crippen LogP contribution in [-0.2, 0) is 10.2 Å². The lowest BCUT2D eigenvalue weighted by Gasteiger charge is -2.07. The Balaban J connectivity index is 2.34. The van der Waals surface area contributed by atoms with Gasteiger partial charge in [-0.3, -0.25) is 9.71 Å². The minimum Gasteiger partial charge on any atom is -0.408 e. The molecule has 7 nitrogen and oxygen atoms in total. The number of oxazole rings is 1. The van der Waals surface area contributed by atoms with Gasteiger partial charge in [0.2, 0.25) is 0 Å². The van der Waals surface area contributed by atoms with E-state index in [1.54, 1.807) is 6.92 Å². The van der Waals surface area contributed by atoms with E-state index >= 15 is 0 Å². The molecule has 0 fully saturated rings. The first-order valence-corrected chi connectivity index (χ1v) is 6.39. The smallest absolute Gasteiger partial charge is 0.408 e. The third kappa shape index (κ3) is 2.66. The van der Waals surface area contributed by atoms with Gasteiger partial charge in [0, 0.05) is 6.54 Å². The van der Waals surface area contributed by atoms with Crippen molar-refractivity contribution in [2.24, 2.45) is 0 Å². The summed E-state index contributed by atoms with van der Waals surface area (Å²) in [5.41, 5.74) is 1.16. The molecule has 0 aliphatic carbocycles. The average Bonchev–Trinajstić information content (AvgIpc) is 2.56. The highest BCUT2D eigenvalue weighted by Gasteiger charge is 2.09. The summed E-state index contributed by atoms with van der Waals surface area (Å²) in [6.45, 7) is 1.97. The fourth-order valence-electron chi connectivity index (χ4n) is 1.40. The lowest BCUT2D eigenvalue weighted by atomic mass is 10.3. The molecule has 3 N–H and O–H groups in total. The number of anilines is 1. The van der Waals surface area contributed by atoms with Crippen LogP contribution in [0, 0.1) is 0 Å². The van der Waals surface area contributed by atoms with Gasteiger partial charge in [-0.25, -0.2) is 4.79 Å². The molecule has 2 rings (SSSR count). The van der Waals surface area contributed by atoms with Crippen LogP contribution in [0.15, 0.2) is 27.4 Å². The fraction of sp³-hybridized carbons (Fsp3) is 0.222. The summed E-state index contributed by atoms with van der Waals surface area (Å²) in [6.07, 6.45) is 0. The molecule has 0 aliphatic rings. The predicted molar refractivity (Wildman–Crippen MR) is 63.1 cm³/mol. The molecule has 0 saturated carbocycles. The summed E-state index contributed by atoms with van der Waals surface area (Å²) < 4.78 is 32.3. The Hall–Kier alpha value is -1.80. The summed E-state index contributed by atoms with van der Waals surface area (Å²) in [5, 5.41) is 0. The molecular weight excluding hydrogens is 246 g/mol. The number of rotatable bonds is 4. The molecule has 2 aromatic rings. The van der Waals surface area contributed by atoms with Crippen molar-refractivity contribution in [1.29, 1.82) is 0 Å². The van der Waals surface area contributed by atoms with E-state index in [9.17, 15) is 13.2 Å². The van der Waals surface area contributed by atoms with E-state index in [0.717, 1.165) is 0 Å². The average molecular weight is 257 g/mol. The number of hydrogen-bond donors (Lipinski definition) is 3. The molecule has 0 atom stereocenters. The van der Waals surface area contributed by atoms with Crippen LogP contribution in [0.25, 0.3) is 11.1 Å². The summed E-state index contributed by atoms with van der Waals surface area (Å²) in [4.78, 5) is 13.4. The van der Waals surface area contributed by atoms with E-state index in [1.165, 1.54) is 18.2 Å². The molecule has 1 aromatic carbocycles. The van der Waals surface area contributed by atoms with Gasteiger partial charge in [-0.05, 0) is 18.2 Å². The monoisotopic (exact) mass is 257 g/mol. The van der Waals surface area contributed by atoms with Crippen LogP contribution in [0.3, 0.4) is 0 Å². The number of benzene rings is 1. The minimum absolute atomic E-state index is 0.292. The zero-order chi connectivity index (χ0) is 12.5. The zero-order valence-corrected chi connectivity index (χ0v) is 9.80. The molecule has 0 bridgehead atoms. The standard InChI is InChI=1S/C9H11N3O4S/c1-2-10-17(14,15)12-6-3-4-8-7(5-6)11-9(13)16-8/h3-5,10,12H,2H2,1H3,(H,11,13). The summed E-state index contributed by atoms with van der Waals surface area (Å²) in [7, 11) is -3.57. The third-order valence-corrected chi connectivity index (χ3v) is 3.18. The van der Waals surface area contributed by atoms with Gasteiger partial charge in [0.1, 0.15) is 0 Å². The van der Waals surface area contributed by atoms with Crippen molar-refractivity contribution in [2.75, 3.05) is 11.3 Å². The Bertz CT molecular complexity index is 686. The third-order valence-electron chi connectivity index (χ3n) is 2.01. The van der Waals surface area contributed by atoms with E-state index in [-0.39, 0.29) is 0 Å². The van der Waals surface area contributed by atoms with Crippen LogP contribution >= 0.6 is 0 Å². The van der Waals surface area contributed by atoms with Crippen molar-refractivity contribution in [3.8, 4) is 0 Å². The first-order valence-electron chi connectivity index (χ1n) is 4.90. The minimum atomic E-state index is -3.57. The molecule has 92 valence electrons. The van der Waals surface area contributed by atoms with Crippen LogP contribution in [0.4, 0.5) is 5.69 Å². The number of aromatic nitrogens is 1. The fourth-order valence-corrected chi connectivity index (χ4v) is 2.29. The molecule has 1 heterocycles. The molecule has 8 heteroatoms. The van der Waals surface area contributed by atoms with Crippen molar-refractivity contribution in [3.63, 3.8) is 0 Å². The van der Waals surface area contributed by atoms with Gasteiger partial charge in [-0.1, -0.05) is 6.92 Å². The van der Waals surface area contributed by atoms with Gasteiger partial charge >= 0.3 is 5.76 Å². The molecule has 0 aliphatic heterocycles. The molecule has 17 heavy (non-hydrogen) atoms. The van der Waals surface area contributed by atoms with E-state index < -0.39 is 16.0 Å². The SMILES string of the molecule is CCNS(=O)(=O)Nc1ccc2oc(=O)[nH]c2c1. The predicted octanol–water partition coefficient (Wildman–Crippen LogP) is 0.387. The van der Waals surface area contributed by atoms with Gasteiger partial charge in [0.25, 0.3) is 10.2 Å². The topological polar surface area (TPSA) is 104 Å². The molecule has 0 radical (unpaired) electrons. The maximum atomic E-state index is 11.4. The summed E-state index contributed by atoms with van der Waals surface area (Å²) in [6, 6.07) is 4.50. The molecule has 1 aromatic heterocycles. The van der Waals surface area contributed by atoms with Crippen molar-refractivity contribution < 1.29 is 12.8 Å². The highest BCUT2D eigenvalue weighted by Crippen LogP contribution is 2.16. The second kappa shape index (κ2) is 4.22. The van der Waals surface area contributed by atoms with E-state index in [4.69, 9.17) is 4.42 Å². The molecular formula is C9H11N3O4S. The largest absolute Gasteiger partial charge is 0.417 e. The van der Waals surface area contributed by atoms with Crippen molar-refractivity contribution >= 4 is 27.0 Å². The first-order chi connectivity index (χ1) is 8.00. The normalized spacial score (nSPS) is 11.8. The van der Waals surface area contributed by atoms with Crippen LogP contribution in [0.5, 0.6) is 0 Å². The number of hydrogen-bond acceptors (Lipinski definition) is 4. The number of aromatic amines is 1. The van der Waals surface area contributed by atoms with Crippen LogP contribution < -0.4 is 15.2 Å². The maximum absolute atomic E-state index is 11.4. The molecule has 0 saturated heterocycles. The Labute approximate surface area is 97.0 Å². The Kier molecular flexibility index (Phi) is 2.90. The van der Waals surface area contributed by atoms with Gasteiger partial charge in [-0.15, -0.1) is 0 Å². The number of fused-ring (bicyclic) bond motifs is 1. The lowest BCUT2D eigenvalue weighted by molar-refractivity contribution is 0.555. The molecule has 0 unspecified atom stereocenters. The van der Waals surface area contributed by atoms with Crippen molar-refractivity contribution in [1.82, 2.24) is 9.71 Å². The summed E-state index contributed by atoms with van der Waals surface area (Å²) in [5.74, 6) is -0.577. The van der Waals surface area contributed by atoms with Gasteiger partial charge in [-0.2, -0.15) is 13.1 Å². The molecule has 0 amide bonds. The van der Waals surface area contributed by atoms with Crippen LogP contribution in [0.1, 0.15) is 6.92 Å². The highest BCUT2D eigenvalue weighted by molar-refractivity contribution is 7.90. The number of nitrogens with one attached hydrogen (secondary N) is 3. The lowest BCUT2D eigenvalue weighted by Crippen LogP contribution is -2.29. The second-order valence-electron chi connectivity index (χ2n) is 3.33. The van der Waals surface area contributed by atoms with Crippen LogP contribution in [0.2, 0.25) is 0 Å². The van der Waals surface area contributed by atoms with E-state index in [0.29, 0.717) is 23.3 Å². The second-order valence-corrected chi connectivity index (χ2v) is 4.83. The van der Waals surface area contributed by atoms with Gasteiger partial charge in [0.05, 0.1) is 11.2 Å². The first kappa shape index (κ1) is 11.7. The quantitative estimate of drug-likeness (QED) is 0.736. The Morgan fingerprint density at radius 3 is 2.88 bits per heavy atom. The zero-order valence-electron chi connectivity index (χ0n) is 8.98. The van der Waals surface area contributed by atoms with Crippen molar-refractivity contribution in [2.45, 2.75) is 6.92 Å². The van der Waals surface area contributed by atoms with E-state index in [2.05, 4.69) is 14.4 Å². The highest BCUT2D eigenvalue weighted by atomic mass is 32.2. The maximum Gasteiger partial charge on any atom is 0.417 e. The van der Waals surface area contributed by atoms with Crippen molar-refractivity contribution in [3.05, 3.63) is 28.7 Å². The number of H-pyrrole nitrogens is 1. The van der Waals surface area contributed by atoms with Gasteiger partial charge in [0.15, 0.2) is 5.58 Å². The van der Waals surface area contributed by atoms with E-state index in [1.807, 2.05) is 0 Å². The Morgan fingerprint density at radius 2 is 2.18 bits per heavy atom. The molecule has 0 spiro atoms. The summed E-state index contributed by atoms with van der Waals surface area (Å²) >= 11 is 0.